The van der Waals surface area contributed by atoms with Crippen molar-refractivity contribution in [1.29, 1.82) is 0 Å². The third-order valence-corrected chi connectivity index (χ3v) is 5.22. The van der Waals surface area contributed by atoms with Crippen LogP contribution >= 0.6 is 11.6 Å². The molecule has 1 aromatic rings. The number of benzene rings is 1. The topological polar surface area (TPSA) is 21.3 Å². The summed E-state index contributed by atoms with van der Waals surface area (Å²) >= 11 is 6.18. The van der Waals surface area contributed by atoms with Gasteiger partial charge in [-0.15, -0.1) is 0 Å². The van der Waals surface area contributed by atoms with Crippen molar-refractivity contribution in [3.05, 3.63) is 28.8 Å². The Hall–Kier alpha value is -0.730. The van der Waals surface area contributed by atoms with Gasteiger partial charge in [0.05, 0.1) is 0 Å². The van der Waals surface area contributed by atoms with E-state index in [1.165, 1.54) is 24.8 Å². The van der Waals surface area contributed by atoms with Crippen LogP contribution in [0.1, 0.15) is 64.5 Å². The fourth-order valence-electron chi connectivity index (χ4n) is 4.27. The second-order valence-corrected chi connectivity index (χ2v) is 7.91. The fraction of sp³-hybridized carbons (Fsp3) is 0.667. The highest BCUT2D eigenvalue weighted by atomic mass is 35.5. The molecule has 21 heavy (non-hydrogen) atoms. The summed E-state index contributed by atoms with van der Waals surface area (Å²) in [5.41, 5.74) is 1.59. The average Bonchev–Trinajstić information content (AvgIpc) is 2.39. The largest absolute Gasteiger partial charge is 0.487 e. The molecule has 1 heterocycles. The van der Waals surface area contributed by atoms with E-state index in [1.807, 2.05) is 12.1 Å². The van der Waals surface area contributed by atoms with Gasteiger partial charge >= 0.3 is 0 Å². The Morgan fingerprint density at radius 1 is 1.33 bits per heavy atom. The third-order valence-electron chi connectivity index (χ3n) is 4.99. The summed E-state index contributed by atoms with van der Waals surface area (Å²) in [6.07, 6.45) is 5.92. The van der Waals surface area contributed by atoms with Crippen LogP contribution in [0.2, 0.25) is 5.02 Å². The third kappa shape index (κ3) is 3.07. The lowest BCUT2D eigenvalue weighted by atomic mass is 9.66. The molecule has 116 valence electrons. The normalized spacial score (nSPS) is 30.8. The highest BCUT2D eigenvalue weighted by Gasteiger charge is 2.46. The number of hydrogen-bond acceptors (Lipinski definition) is 2. The predicted molar refractivity (Wildman–Crippen MR) is 88.1 cm³/mol. The summed E-state index contributed by atoms with van der Waals surface area (Å²) in [5, 5.41) is 4.42. The standard InChI is InChI=1S/C18H26ClNO/c1-4-20-15-11-18(9-5-8-17(2,3)12-18)21-16-7-6-13(19)10-14(15)16/h6-7,10,15,20H,4-5,8-9,11-12H2,1-3H3. The lowest BCUT2D eigenvalue weighted by molar-refractivity contribution is -0.0417. The van der Waals surface area contributed by atoms with Crippen molar-refractivity contribution in [1.82, 2.24) is 5.32 Å². The minimum atomic E-state index is -0.00455. The molecule has 0 saturated heterocycles. The van der Waals surface area contributed by atoms with E-state index in [1.54, 1.807) is 0 Å². The molecule has 2 aliphatic rings. The molecule has 0 amide bonds. The first-order valence-electron chi connectivity index (χ1n) is 8.15. The number of ether oxygens (including phenoxy) is 1. The second-order valence-electron chi connectivity index (χ2n) is 7.48. The Bertz CT molecular complexity index is 528. The fourth-order valence-corrected chi connectivity index (χ4v) is 4.45. The minimum absolute atomic E-state index is 0.00455. The number of fused-ring (bicyclic) bond motifs is 1. The molecule has 1 aromatic carbocycles. The van der Waals surface area contributed by atoms with Crippen molar-refractivity contribution in [3.8, 4) is 5.75 Å². The summed E-state index contributed by atoms with van der Waals surface area (Å²) in [7, 11) is 0. The zero-order valence-electron chi connectivity index (χ0n) is 13.3. The molecule has 1 aliphatic heterocycles. The molecule has 1 aliphatic carbocycles. The number of halogens is 1. The van der Waals surface area contributed by atoms with Crippen molar-refractivity contribution < 1.29 is 4.74 Å². The van der Waals surface area contributed by atoms with Gasteiger partial charge in [0.15, 0.2) is 0 Å². The molecule has 3 heteroatoms. The Morgan fingerprint density at radius 2 is 2.14 bits per heavy atom. The van der Waals surface area contributed by atoms with E-state index >= 15 is 0 Å². The van der Waals surface area contributed by atoms with E-state index in [0.29, 0.717) is 11.5 Å². The van der Waals surface area contributed by atoms with Crippen molar-refractivity contribution in [3.63, 3.8) is 0 Å². The molecule has 2 atom stereocenters. The van der Waals surface area contributed by atoms with Crippen LogP contribution in [0.4, 0.5) is 0 Å². The first kappa shape index (κ1) is 15.2. The van der Waals surface area contributed by atoms with Gasteiger partial charge < -0.3 is 10.1 Å². The Morgan fingerprint density at radius 3 is 2.86 bits per heavy atom. The van der Waals surface area contributed by atoms with Crippen molar-refractivity contribution in [2.45, 2.75) is 64.5 Å². The van der Waals surface area contributed by atoms with Gasteiger partial charge in [0.2, 0.25) is 0 Å². The molecular weight excluding hydrogens is 282 g/mol. The lowest BCUT2D eigenvalue weighted by Gasteiger charge is -2.49. The smallest absolute Gasteiger partial charge is 0.125 e. The molecule has 0 radical (unpaired) electrons. The van der Waals surface area contributed by atoms with Crippen LogP contribution in [0.3, 0.4) is 0 Å². The summed E-state index contributed by atoms with van der Waals surface area (Å²) in [6.45, 7) is 7.88. The molecule has 1 spiro atoms. The Kier molecular flexibility index (Phi) is 3.96. The van der Waals surface area contributed by atoms with Gasteiger partial charge in [0.25, 0.3) is 0 Å². The zero-order chi connectivity index (χ0) is 15.1. The van der Waals surface area contributed by atoms with Gasteiger partial charge in [0, 0.05) is 23.0 Å². The first-order valence-corrected chi connectivity index (χ1v) is 8.53. The number of hydrogen-bond donors (Lipinski definition) is 1. The average molecular weight is 308 g/mol. The quantitative estimate of drug-likeness (QED) is 0.819. The molecular formula is C18H26ClNO. The first-order chi connectivity index (χ1) is 9.93. The maximum absolute atomic E-state index is 6.53. The summed E-state index contributed by atoms with van der Waals surface area (Å²) in [4.78, 5) is 0. The highest BCUT2D eigenvalue weighted by Crippen LogP contribution is 2.51. The number of rotatable bonds is 2. The van der Waals surface area contributed by atoms with Gasteiger partial charge in [-0.3, -0.25) is 0 Å². The summed E-state index contributed by atoms with van der Waals surface area (Å²) in [6, 6.07) is 6.40. The van der Waals surface area contributed by atoms with Gasteiger partial charge in [-0.05, 0) is 55.8 Å². The van der Waals surface area contributed by atoms with E-state index < -0.39 is 0 Å². The van der Waals surface area contributed by atoms with Gasteiger partial charge in [-0.2, -0.15) is 0 Å². The Labute approximate surface area is 133 Å². The van der Waals surface area contributed by atoms with E-state index in [0.717, 1.165) is 30.2 Å². The highest BCUT2D eigenvalue weighted by molar-refractivity contribution is 6.30. The molecule has 0 bridgehead atoms. The maximum Gasteiger partial charge on any atom is 0.125 e. The summed E-state index contributed by atoms with van der Waals surface area (Å²) < 4.78 is 6.53. The Balaban J connectivity index is 1.95. The van der Waals surface area contributed by atoms with Crippen LogP contribution in [0.15, 0.2) is 18.2 Å². The van der Waals surface area contributed by atoms with Crippen LogP contribution in [-0.2, 0) is 0 Å². The molecule has 2 nitrogen and oxygen atoms in total. The van der Waals surface area contributed by atoms with E-state index in [9.17, 15) is 0 Å². The maximum atomic E-state index is 6.53. The molecule has 1 N–H and O–H groups in total. The van der Waals surface area contributed by atoms with Crippen molar-refractivity contribution in [2.24, 2.45) is 5.41 Å². The zero-order valence-corrected chi connectivity index (χ0v) is 14.1. The monoisotopic (exact) mass is 307 g/mol. The lowest BCUT2D eigenvalue weighted by Crippen LogP contribution is -2.49. The van der Waals surface area contributed by atoms with Gasteiger partial charge in [-0.25, -0.2) is 0 Å². The molecule has 3 rings (SSSR count). The van der Waals surface area contributed by atoms with Crippen molar-refractivity contribution in [2.75, 3.05) is 6.54 Å². The van der Waals surface area contributed by atoms with Crippen molar-refractivity contribution >= 4 is 11.6 Å². The van der Waals surface area contributed by atoms with Crippen LogP contribution < -0.4 is 10.1 Å². The predicted octanol–water partition coefficient (Wildman–Crippen LogP) is 5.11. The van der Waals surface area contributed by atoms with Crippen LogP contribution in [0.25, 0.3) is 0 Å². The SMILES string of the molecule is CCNC1CC2(CCCC(C)(C)C2)Oc2ccc(Cl)cc21. The van der Waals surface area contributed by atoms with E-state index in [2.05, 4.69) is 32.2 Å². The molecule has 1 saturated carbocycles. The molecule has 0 aromatic heterocycles. The van der Waals surface area contributed by atoms with Crippen LogP contribution in [-0.4, -0.2) is 12.1 Å². The van der Waals surface area contributed by atoms with E-state index in [4.69, 9.17) is 16.3 Å². The minimum Gasteiger partial charge on any atom is -0.487 e. The number of nitrogens with one attached hydrogen (secondary N) is 1. The molecule has 2 unspecified atom stereocenters. The molecule has 1 fully saturated rings. The van der Waals surface area contributed by atoms with Crippen LogP contribution in [0.5, 0.6) is 5.75 Å². The summed E-state index contributed by atoms with van der Waals surface area (Å²) in [5.74, 6) is 1.02. The van der Waals surface area contributed by atoms with Crippen LogP contribution in [0, 0.1) is 5.41 Å². The van der Waals surface area contributed by atoms with Gasteiger partial charge in [0.1, 0.15) is 11.4 Å². The van der Waals surface area contributed by atoms with Gasteiger partial charge in [-0.1, -0.05) is 32.4 Å². The van der Waals surface area contributed by atoms with E-state index in [-0.39, 0.29) is 5.60 Å². The second kappa shape index (κ2) is 5.48.